The molecule has 1 fully saturated rings. The number of carbonyl (C=O) groups is 1. The number of hydrogen-bond acceptors (Lipinski definition) is 5. The molecule has 0 spiro atoms. The van der Waals surface area contributed by atoms with Gasteiger partial charge in [0.05, 0.1) is 10.4 Å². The van der Waals surface area contributed by atoms with Gasteiger partial charge < -0.3 is 10.2 Å². The normalized spacial score (nSPS) is 14.0. The van der Waals surface area contributed by atoms with Crippen LogP contribution in [0.2, 0.25) is 0 Å². The van der Waals surface area contributed by atoms with Crippen LogP contribution in [0.3, 0.4) is 0 Å². The topological polar surface area (TPSA) is 88.4 Å². The van der Waals surface area contributed by atoms with Gasteiger partial charge in [-0.15, -0.1) is 0 Å². The van der Waals surface area contributed by atoms with Crippen molar-refractivity contribution >= 4 is 34.0 Å². The Bertz CT molecular complexity index is 1140. The van der Waals surface area contributed by atoms with E-state index in [-0.39, 0.29) is 11.6 Å². The minimum absolute atomic E-state index is 0.00321. The van der Waals surface area contributed by atoms with E-state index in [1.807, 2.05) is 18.2 Å². The maximum Gasteiger partial charge on any atom is 0.272 e. The van der Waals surface area contributed by atoms with Crippen molar-refractivity contribution < 1.29 is 9.72 Å². The predicted octanol–water partition coefficient (Wildman–Crippen LogP) is 5.00. The SMILES string of the molecule is Cc1cc(C(=O)Nc2ccc3nc(N4CCCCC4)cc(C)c3c2)ccc1[N+](=O)[O-]. The molecular weight excluding hydrogens is 380 g/mol. The van der Waals surface area contributed by atoms with Crippen molar-refractivity contribution in [1.29, 1.82) is 0 Å². The first-order valence-electron chi connectivity index (χ1n) is 10.1. The summed E-state index contributed by atoms with van der Waals surface area (Å²) in [4.78, 5) is 30.3. The summed E-state index contributed by atoms with van der Waals surface area (Å²) >= 11 is 0. The first-order chi connectivity index (χ1) is 14.4. The third-order valence-corrected chi connectivity index (χ3v) is 5.60. The van der Waals surface area contributed by atoms with Gasteiger partial charge >= 0.3 is 0 Å². The van der Waals surface area contributed by atoms with Gasteiger partial charge in [-0.2, -0.15) is 0 Å². The Morgan fingerprint density at radius 2 is 1.80 bits per heavy atom. The van der Waals surface area contributed by atoms with E-state index in [2.05, 4.69) is 23.2 Å². The van der Waals surface area contributed by atoms with Crippen molar-refractivity contribution in [2.75, 3.05) is 23.3 Å². The van der Waals surface area contributed by atoms with Gasteiger partial charge in [0.2, 0.25) is 0 Å². The highest BCUT2D eigenvalue weighted by atomic mass is 16.6. The van der Waals surface area contributed by atoms with Crippen LogP contribution in [0.4, 0.5) is 17.2 Å². The van der Waals surface area contributed by atoms with Crippen LogP contribution in [0.5, 0.6) is 0 Å². The molecule has 4 rings (SSSR count). The number of carbonyl (C=O) groups excluding carboxylic acids is 1. The Morgan fingerprint density at radius 3 is 2.50 bits per heavy atom. The standard InChI is InChI=1S/C23H24N4O3/c1-15-13-22(26-10-4-3-5-11-26)25-20-8-7-18(14-19(15)20)24-23(28)17-6-9-21(27(29)30)16(2)12-17/h6-9,12-14H,3-5,10-11H2,1-2H3,(H,24,28). The van der Waals surface area contributed by atoms with Crippen molar-refractivity contribution in [3.63, 3.8) is 0 Å². The minimum atomic E-state index is -0.450. The van der Waals surface area contributed by atoms with Crippen molar-refractivity contribution in [2.45, 2.75) is 33.1 Å². The van der Waals surface area contributed by atoms with Crippen LogP contribution in [0.15, 0.2) is 42.5 Å². The molecule has 7 heteroatoms. The third kappa shape index (κ3) is 3.96. The Hall–Kier alpha value is -3.48. The molecule has 0 radical (unpaired) electrons. The van der Waals surface area contributed by atoms with Gasteiger partial charge in [0.1, 0.15) is 5.82 Å². The number of aryl methyl sites for hydroxylation is 2. The lowest BCUT2D eigenvalue weighted by molar-refractivity contribution is -0.385. The van der Waals surface area contributed by atoms with Crippen LogP contribution in [0.1, 0.15) is 40.7 Å². The number of nitrogens with zero attached hydrogens (tertiary/aromatic N) is 3. The highest BCUT2D eigenvalue weighted by molar-refractivity contribution is 6.05. The van der Waals surface area contributed by atoms with Gasteiger partial charge in [0, 0.05) is 41.4 Å². The van der Waals surface area contributed by atoms with E-state index in [1.54, 1.807) is 6.92 Å². The van der Waals surface area contributed by atoms with E-state index in [0.717, 1.165) is 35.4 Å². The molecule has 0 atom stereocenters. The second-order valence-corrected chi connectivity index (χ2v) is 7.79. The van der Waals surface area contributed by atoms with Gasteiger partial charge in [-0.05, 0) is 75.1 Å². The molecule has 0 aliphatic carbocycles. The lowest BCUT2D eigenvalue weighted by atomic mass is 10.1. The summed E-state index contributed by atoms with van der Waals surface area (Å²) in [6, 6.07) is 12.2. The van der Waals surface area contributed by atoms with E-state index in [1.165, 1.54) is 37.5 Å². The number of piperidine rings is 1. The summed E-state index contributed by atoms with van der Waals surface area (Å²) in [5, 5.41) is 14.8. The summed E-state index contributed by atoms with van der Waals surface area (Å²) in [5.41, 5.74) is 3.52. The molecule has 1 N–H and O–H groups in total. The van der Waals surface area contributed by atoms with E-state index in [4.69, 9.17) is 4.98 Å². The second-order valence-electron chi connectivity index (χ2n) is 7.79. The zero-order valence-corrected chi connectivity index (χ0v) is 17.1. The molecule has 1 aliphatic heterocycles. The number of benzene rings is 2. The first-order valence-corrected chi connectivity index (χ1v) is 10.1. The van der Waals surface area contributed by atoms with Crippen LogP contribution in [-0.2, 0) is 0 Å². The van der Waals surface area contributed by atoms with Crippen molar-refractivity contribution in [1.82, 2.24) is 4.98 Å². The fraction of sp³-hybridized carbons (Fsp3) is 0.304. The zero-order chi connectivity index (χ0) is 21.3. The molecule has 1 aromatic heterocycles. The van der Waals surface area contributed by atoms with Gasteiger partial charge in [-0.3, -0.25) is 14.9 Å². The Kier molecular flexibility index (Phi) is 5.35. The number of anilines is 2. The van der Waals surface area contributed by atoms with E-state index < -0.39 is 4.92 Å². The number of nitro groups is 1. The zero-order valence-electron chi connectivity index (χ0n) is 17.1. The lowest BCUT2D eigenvalue weighted by Crippen LogP contribution is -2.30. The number of pyridine rings is 1. The lowest BCUT2D eigenvalue weighted by Gasteiger charge is -2.28. The highest BCUT2D eigenvalue weighted by Gasteiger charge is 2.16. The molecule has 1 saturated heterocycles. The Labute approximate surface area is 174 Å². The Balaban J connectivity index is 1.57. The number of hydrogen-bond donors (Lipinski definition) is 1. The number of fused-ring (bicyclic) bond motifs is 1. The van der Waals surface area contributed by atoms with E-state index in [9.17, 15) is 14.9 Å². The quantitative estimate of drug-likeness (QED) is 0.488. The predicted molar refractivity (Wildman–Crippen MR) is 118 cm³/mol. The smallest absolute Gasteiger partial charge is 0.272 e. The maximum atomic E-state index is 12.6. The number of rotatable bonds is 4. The van der Waals surface area contributed by atoms with Crippen LogP contribution < -0.4 is 10.2 Å². The largest absolute Gasteiger partial charge is 0.357 e. The van der Waals surface area contributed by atoms with Gasteiger partial charge in [0.25, 0.3) is 11.6 Å². The molecule has 2 aromatic carbocycles. The van der Waals surface area contributed by atoms with Crippen LogP contribution in [-0.4, -0.2) is 28.9 Å². The van der Waals surface area contributed by atoms with Crippen molar-refractivity contribution in [2.24, 2.45) is 0 Å². The summed E-state index contributed by atoms with van der Waals surface area (Å²) < 4.78 is 0. The molecule has 30 heavy (non-hydrogen) atoms. The van der Waals surface area contributed by atoms with E-state index >= 15 is 0 Å². The summed E-state index contributed by atoms with van der Waals surface area (Å²) in [6.45, 7) is 5.77. The molecule has 7 nitrogen and oxygen atoms in total. The fourth-order valence-corrected chi connectivity index (χ4v) is 3.94. The van der Waals surface area contributed by atoms with Crippen molar-refractivity contribution in [3.05, 3.63) is 69.3 Å². The summed E-state index contributed by atoms with van der Waals surface area (Å²) in [7, 11) is 0. The number of nitro benzene ring substituents is 1. The van der Waals surface area contributed by atoms with Gasteiger partial charge in [0.15, 0.2) is 0 Å². The average molecular weight is 404 g/mol. The molecule has 0 bridgehead atoms. The van der Waals surface area contributed by atoms with Crippen molar-refractivity contribution in [3.8, 4) is 0 Å². The van der Waals surface area contributed by atoms with Crippen LogP contribution >= 0.6 is 0 Å². The molecular formula is C23H24N4O3. The molecule has 154 valence electrons. The maximum absolute atomic E-state index is 12.6. The molecule has 0 unspecified atom stereocenters. The molecule has 1 amide bonds. The Morgan fingerprint density at radius 1 is 1.03 bits per heavy atom. The first kappa shape index (κ1) is 19.8. The van der Waals surface area contributed by atoms with Crippen LogP contribution in [0, 0.1) is 24.0 Å². The number of amides is 1. The number of aromatic nitrogens is 1. The van der Waals surface area contributed by atoms with Gasteiger partial charge in [-0.1, -0.05) is 0 Å². The molecule has 1 aliphatic rings. The minimum Gasteiger partial charge on any atom is -0.357 e. The molecule has 3 aromatic rings. The highest BCUT2D eigenvalue weighted by Crippen LogP contribution is 2.27. The average Bonchev–Trinajstić information content (AvgIpc) is 2.74. The van der Waals surface area contributed by atoms with Crippen LogP contribution in [0.25, 0.3) is 10.9 Å². The van der Waals surface area contributed by atoms with E-state index in [0.29, 0.717) is 16.8 Å². The monoisotopic (exact) mass is 404 g/mol. The molecule has 2 heterocycles. The van der Waals surface area contributed by atoms with Gasteiger partial charge in [-0.25, -0.2) is 4.98 Å². The summed E-state index contributed by atoms with van der Waals surface area (Å²) in [5.74, 6) is 0.709. The number of nitrogens with one attached hydrogen (secondary N) is 1. The third-order valence-electron chi connectivity index (χ3n) is 5.60. The summed E-state index contributed by atoms with van der Waals surface area (Å²) in [6.07, 6.45) is 3.68. The second kappa shape index (κ2) is 8.10. The fourth-order valence-electron chi connectivity index (χ4n) is 3.94. The molecule has 0 saturated carbocycles.